The summed E-state index contributed by atoms with van der Waals surface area (Å²) < 4.78 is 45.8. The van der Waals surface area contributed by atoms with E-state index in [0.717, 1.165) is 31.9 Å². The van der Waals surface area contributed by atoms with Crippen LogP contribution in [-0.4, -0.2) is 37.7 Å². The fourth-order valence-electron chi connectivity index (χ4n) is 2.91. The van der Waals surface area contributed by atoms with E-state index < -0.39 is 23.5 Å². The fraction of sp³-hybridized carbons (Fsp3) is 0.600. The first-order valence-corrected chi connectivity index (χ1v) is 7.17. The van der Waals surface area contributed by atoms with Gasteiger partial charge < -0.3 is 10.5 Å². The maximum Gasteiger partial charge on any atom is 0.161 e. The van der Waals surface area contributed by atoms with Gasteiger partial charge in [-0.05, 0) is 25.5 Å². The number of ether oxygens (including phenoxy) is 1. The van der Waals surface area contributed by atoms with Crippen molar-refractivity contribution in [2.75, 3.05) is 26.8 Å². The standard InChI is InChI=1S/C15H21F3N2O/c1-21-7-6-20-5-3-2-4-14(19)15(20)10-8-12(17)13(18)9-11(10)16/h8-9,14-15H,2-7,19H2,1H3. The number of nitrogens with two attached hydrogens (primary N) is 1. The van der Waals surface area contributed by atoms with E-state index in [4.69, 9.17) is 10.5 Å². The van der Waals surface area contributed by atoms with Crippen molar-refractivity contribution >= 4 is 0 Å². The SMILES string of the molecule is COCCN1CCCCC(N)C1c1cc(F)c(F)cc1F. The first-order valence-electron chi connectivity index (χ1n) is 7.17. The van der Waals surface area contributed by atoms with Crippen molar-refractivity contribution in [3.63, 3.8) is 0 Å². The second-order valence-electron chi connectivity index (χ2n) is 5.42. The first-order chi connectivity index (χ1) is 10.0. The molecular weight excluding hydrogens is 281 g/mol. The summed E-state index contributed by atoms with van der Waals surface area (Å²) in [5, 5.41) is 0. The third kappa shape index (κ3) is 3.75. The van der Waals surface area contributed by atoms with Gasteiger partial charge in [-0.2, -0.15) is 0 Å². The Balaban J connectivity index is 2.36. The van der Waals surface area contributed by atoms with Gasteiger partial charge in [0.05, 0.1) is 12.6 Å². The summed E-state index contributed by atoms with van der Waals surface area (Å²) in [5.41, 5.74) is 6.29. The summed E-state index contributed by atoms with van der Waals surface area (Å²) in [6, 6.07) is 0.748. The molecule has 2 N–H and O–H groups in total. The number of hydrogen-bond donors (Lipinski definition) is 1. The van der Waals surface area contributed by atoms with Crippen LogP contribution in [0.3, 0.4) is 0 Å². The molecule has 1 aliphatic rings. The van der Waals surface area contributed by atoms with E-state index >= 15 is 0 Å². The molecule has 1 aromatic carbocycles. The zero-order valence-corrected chi connectivity index (χ0v) is 12.1. The third-order valence-electron chi connectivity index (χ3n) is 3.97. The molecule has 1 heterocycles. The van der Waals surface area contributed by atoms with Crippen LogP contribution in [0.25, 0.3) is 0 Å². The third-order valence-corrected chi connectivity index (χ3v) is 3.97. The summed E-state index contributed by atoms with van der Waals surface area (Å²) >= 11 is 0. The van der Waals surface area contributed by atoms with Gasteiger partial charge in [0.2, 0.25) is 0 Å². The molecule has 0 radical (unpaired) electrons. The summed E-state index contributed by atoms with van der Waals surface area (Å²) in [6.07, 6.45) is 2.61. The normalized spacial score (nSPS) is 24.0. The Kier molecular flexibility index (Phi) is 5.61. The largest absolute Gasteiger partial charge is 0.383 e. The molecule has 0 amide bonds. The molecule has 1 fully saturated rings. The molecule has 0 spiro atoms. The minimum Gasteiger partial charge on any atom is -0.383 e. The fourth-order valence-corrected chi connectivity index (χ4v) is 2.91. The summed E-state index contributed by atoms with van der Waals surface area (Å²) in [7, 11) is 1.59. The number of methoxy groups -OCH3 is 1. The van der Waals surface area contributed by atoms with E-state index in [1.807, 2.05) is 4.90 Å². The summed E-state index contributed by atoms with van der Waals surface area (Å²) in [4.78, 5) is 2.00. The molecule has 0 aliphatic carbocycles. The van der Waals surface area contributed by atoms with Gasteiger partial charge in [-0.25, -0.2) is 13.2 Å². The van der Waals surface area contributed by atoms with Gasteiger partial charge in [0.25, 0.3) is 0 Å². The monoisotopic (exact) mass is 302 g/mol. The van der Waals surface area contributed by atoms with Crippen molar-refractivity contribution in [1.82, 2.24) is 4.90 Å². The Labute approximate surface area is 122 Å². The predicted octanol–water partition coefficient (Wildman–Crippen LogP) is 2.60. The van der Waals surface area contributed by atoms with Crippen LogP contribution in [0.5, 0.6) is 0 Å². The zero-order valence-electron chi connectivity index (χ0n) is 12.1. The maximum atomic E-state index is 14.1. The van der Waals surface area contributed by atoms with Crippen molar-refractivity contribution in [2.24, 2.45) is 5.73 Å². The van der Waals surface area contributed by atoms with Gasteiger partial charge in [0, 0.05) is 31.3 Å². The number of hydrogen-bond acceptors (Lipinski definition) is 3. The molecule has 2 atom stereocenters. The summed E-state index contributed by atoms with van der Waals surface area (Å²) in [6.45, 7) is 1.79. The topological polar surface area (TPSA) is 38.5 Å². The molecule has 2 rings (SSSR count). The average molecular weight is 302 g/mol. The number of halogens is 3. The first kappa shape index (κ1) is 16.3. The van der Waals surface area contributed by atoms with Crippen LogP contribution in [0.2, 0.25) is 0 Å². The molecule has 21 heavy (non-hydrogen) atoms. The van der Waals surface area contributed by atoms with E-state index in [0.29, 0.717) is 19.2 Å². The highest BCUT2D eigenvalue weighted by atomic mass is 19.2. The van der Waals surface area contributed by atoms with Gasteiger partial charge in [-0.3, -0.25) is 4.90 Å². The lowest BCUT2D eigenvalue weighted by molar-refractivity contribution is 0.113. The van der Waals surface area contributed by atoms with Crippen LogP contribution in [0.4, 0.5) is 13.2 Å². The van der Waals surface area contributed by atoms with Crippen molar-refractivity contribution in [3.05, 3.63) is 35.1 Å². The quantitative estimate of drug-likeness (QED) is 0.869. The van der Waals surface area contributed by atoms with Crippen LogP contribution in [-0.2, 0) is 4.74 Å². The highest BCUT2D eigenvalue weighted by molar-refractivity contribution is 5.25. The van der Waals surface area contributed by atoms with Crippen LogP contribution >= 0.6 is 0 Å². The Bertz CT molecular complexity index is 484. The Morgan fingerprint density at radius 3 is 2.62 bits per heavy atom. The van der Waals surface area contributed by atoms with Gasteiger partial charge in [-0.1, -0.05) is 6.42 Å². The Hall–Kier alpha value is -1.11. The second kappa shape index (κ2) is 7.24. The van der Waals surface area contributed by atoms with Crippen LogP contribution in [0.15, 0.2) is 12.1 Å². The lowest BCUT2D eigenvalue weighted by Gasteiger charge is -2.33. The highest BCUT2D eigenvalue weighted by Gasteiger charge is 2.31. The van der Waals surface area contributed by atoms with E-state index in [1.54, 1.807) is 7.11 Å². The molecule has 1 saturated heterocycles. The van der Waals surface area contributed by atoms with E-state index in [9.17, 15) is 13.2 Å². The number of rotatable bonds is 4. The van der Waals surface area contributed by atoms with Gasteiger partial charge in [-0.15, -0.1) is 0 Å². The molecule has 3 nitrogen and oxygen atoms in total. The number of benzene rings is 1. The van der Waals surface area contributed by atoms with Gasteiger partial charge in [0.15, 0.2) is 11.6 Å². The molecule has 2 unspecified atom stereocenters. The Morgan fingerprint density at radius 2 is 1.90 bits per heavy atom. The zero-order chi connectivity index (χ0) is 15.4. The smallest absolute Gasteiger partial charge is 0.161 e. The maximum absolute atomic E-state index is 14.1. The number of nitrogens with zero attached hydrogens (tertiary/aromatic N) is 1. The second-order valence-corrected chi connectivity index (χ2v) is 5.42. The lowest BCUT2D eigenvalue weighted by Crippen LogP contribution is -2.41. The van der Waals surface area contributed by atoms with E-state index in [-0.39, 0.29) is 11.6 Å². The van der Waals surface area contributed by atoms with Crippen molar-refractivity contribution < 1.29 is 17.9 Å². The van der Waals surface area contributed by atoms with Gasteiger partial charge >= 0.3 is 0 Å². The van der Waals surface area contributed by atoms with Crippen LogP contribution in [0, 0.1) is 17.5 Å². The Morgan fingerprint density at radius 1 is 1.19 bits per heavy atom. The van der Waals surface area contributed by atoms with Crippen molar-refractivity contribution in [1.29, 1.82) is 0 Å². The minimum atomic E-state index is -1.18. The van der Waals surface area contributed by atoms with Crippen LogP contribution < -0.4 is 5.73 Å². The highest BCUT2D eigenvalue weighted by Crippen LogP contribution is 2.32. The van der Waals surface area contributed by atoms with Crippen molar-refractivity contribution in [2.45, 2.75) is 31.3 Å². The summed E-state index contributed by atoms with van der Waals surface area (Å²) in [5.74, 6) is -2.98. The molecule has 118 valence electrons. The van der Waals surface area contributed by atoms with Gasteiger partial charge in [0.1, 0.15) is 5.82 Å². The van der Waals surface area contributed by atoms with E-state index in [1.165, 1.54) is 0 Å². The van der Waals surface area contributed by atoms with Crippen molar-refractivity contribution in [3.8, 4) is 0 Å². The molecule has 1 aliphatic heterocycles. The average Bonchev–Trinajstić information content (AvgIpc) is 2.62. The van der Waals surface area contributed by atoms with E-state index in [2.05, 4.69) is 0 Å². The van der Waals surface area contributed by atoms with Crippen LogP contribution in [0.1, 0.15) is 30.9 Å². The molecule has 6 heteroatoms. The molecule has 1 aromatic rings. The molecule has 0 bridgehead atoms. The predicted molar refractivity (Wildman–Crippen MR) is 74.3 cm³/mol. The molecular formula is C15H21F3N2O. The molecule has 0 aromatic heterocycles. The molecule has 0 saturated carbocycles. The lowest BCUT2D eigenvalue weighted by atomic mass is 9.95. The number of likely N-dealkylation sites (tertiary alicyclic amines) is 1. The minimum absolute atomic E-state index is 0.124.